The number of fused-ring (bicyclic) bond motifs is 4. The minimum atomic E-state index is 0.239. The average Bonchev–Trinajstić information content (AvgIpc) is 3.87. The van der Waals surface area contributed by atoms with E-state index in [4.69, 9.17) is 9.98 Å². The molecule has 0 N–H and O–H groups in total. The molecule has 2 aliphatic rings. The van der Waals surface area contributed by atoms with Gasteiger partial charge in [0.25, 0.3) is 0 Å². The fourth-order valence-corrected chi connectivity index (χ4v) is 9.44. The van der Waals surface area contributed by atoms with Crippen LogP contribution in [0.25, 0.3) is 73.1 Å². The molecule has 0 fully saturated rings. The van der Waals surface area contributed by atoms with Crippen molar-refractivity contribution in [2.75, 3.05) is 0 Å². The van der Waals surface area contributed by atoms with Gasteiger partial charge in [-0.2, -0.15) is 0 Å². The van der Waals surface area contributed by atoms with Crippen molar-refractivity contribution in [2.45, 2.75) is 33.1 Å². The molecule has 2 heterocycles. The molecule has 64 heavy (non-hydrogen) atoms. The number of hydrogen-bond donors (Lipinski definition) is 0. The van der Waals surface area contributed by atoms with Crippen molar-refractivity contribution in [1.82, 2.24) is 9.13 Å². The van der Waals surface area contributed by atoms with E-state index < -0.39 is 0 Å². The summed E-state index contributed by atoms with van der Waals surface area (Å²) in [6.07, 6.45) is 22.8. The van der Waals surface area contributed by atoms with Crippen LogP contribution in [0.4, 0.5) is 0 Å². The SMILES string of the molecule is C=Cc1c(/C=C\C)c2ccccc2n1-c1cc(C(C)=NC(=NC(=C)c2cccc(-c3ccccc3)c2)C2=CC=CC(C3=CCCC=C3)C2)cc(-n2c3ccccc3c3ccccc32)c1. The molecule has 4 nitrogen and oxygen atoms in total. The molecule has 0 bridgehead atoms. The fraction of sp³-hybridized carbons (Fsp3) is 0.100. The maximum absolute atomic E-state index is 5.53. The highest BCUT2D eigenvalue weighted by atomic mass is 15.0. The van der Waals surface area contributed by atoms with E-state index in [1.54, 1.807) is 0 Å². The van der Waals surface area contributed by atoms with Crippen LogP contribution in [0.1, 0.15) is 55.5 Å². The van der Waals surface area contributed by atoms with Crippen molar-refractivity contribution < 1.29 is 0 Å². The summed E-state index contributed by atoms with van der Waals surface area (Å²) in [4.78, 5) is 10.9. The molecule has 0 spiro atoms. The van der Waals surface area contributed by atoms with Crippen LogP contribution in [0, 0.1) is 5.92 Å². The van der Waals surface area contributed by atoms with Gasteiger partial charge in [-0.05, 0) is 109 Å². The Kier molecular flexibility index (Phi) is 11.0. The average molecular weight is 827 g/mol. The summed E-state index contributed by atoms with van der Waals surface area (Å²) >= 11 is 0. The predicted molar refractivity (Wildman–Crippen MR) is 275 cm³/mol. The maximum Gasteiger partial charge on any atom is 0.155 e. The first-order valence-electron chi connectivity index (χ1n) is 22.2. The Balaban J connectivity index is 1.17. The summed E-state index contributed by atoms with van der Waals surface area (Å²) in [6.45, 7) is 13.1. The number of amidine groups is 1. The molecule has 1 unspecified atom stereocenters. The number of nitrogens with zero attached hydrogens (tertiary/aromatic N) is 4. The van der Waals surface area contributed by atoms with Gasteiger partial charge in [-0.15, -0.1) is 0 Å². The van der Waals surface area contributed by atoms with Gasteiger partial charge in [0, 0.05) is 50.3 Å². The van der Waals surface area contributed by atoms with Gasteiger partial charge >= 0.3 is 0 Å². The third-order valence-electron chi connectivity index (χ3n) is 12.5. The van der Waals surface area contributed by atoms with Crippen LogP contribution >= 0.6 is 0 Å². The van der Waals surface area contributed by atoms with Crippen molar-refractivity contribution in [2.24, 2.45) is 15.9 Å². The normalized spacial score (nSPS) is 15.6. The lowest BCUT2D eigenvalue weighted by molar-refractivity contribution is 0.756. The molecule has 4 heteroatoms. The molecular weight excluding hydrogens is 777 g/mol. The molecule has 1 atom stereocenters. The van der Waals surface area contributed by atoms with Crippen LogP contribution in [0.2, 0.25) is 0 Å². The van der Waals surface area contributed by atoms with Crippen LogP contribution < -0.4 is 0 Å². The van der Waals surface area contributed by atoms with E-state index in [-0.39, 0.29) is 5.92 Å². The second-order valence-corrected chi connectivity index (χ2v) is 16.6. The Hall–Kier alpha value is -7.82. The van der Waals surface area contributed by atoms with Crippen molar-refractivity contribution in [3.8, 4) is 22.5 Å². The highest BCUT2D eigenvalue weighted by Crippen LogP contribution is 2.37. The number of para-hydroxylation sites is 3. The summed E-state index contributed by atoms with van der Waals surface area (Å²) in [5.74, 6) is 0.905. The van der Waals surface area contributed by atoms with Gasteiger partial charge in [-0.1, -0.05) is 165 Å². The fourth-order valence-electron chi connectivity index (χ4n) is 9.44. The van der Waals surface area contributed by atoms with Crippen LogP contribution in [0.3, 0.4) is 0 Å². The van der Waals surface area contributed by atoms with Crippen LogP contribution in [-0.2, 0) is 0 Å². The zero-order valence-corrected chi connectivity index (χ0v) is 36.5. The Morgan fingerprint density at radius 1 is 0.672 bits per heavy atom. The summed E-state index contributed by atoms with van der Waals surface area (Å²) in [5.41, 5.74) is 15.8. The largest absolute Gasteiger partial charge is 0.309 e. The molecule has 0 aliphatic heterocycles. The number of benzene rings is 6. The third-order valence-corrected chi connectivity index (χ3v) is 12.5. The first-order valence-corrected chi connectivity index (χ1v) is 22.2. The smallest absolute Gasteiger partial charge is 0.155 e. The molecule has 0 saturated carbocycles. The molecule has 0 amide bonds. The molecular formula is C60H50N4. The predicted octanol–water partition coefficient (Wildman–Crippen LogP) is 15.7. The lowest BCUT2D eigenvalue weighted by atomic mass is 9.85. The summed E-state index contributed by atoms with van der Waals surface area (Å²) < 4.78 is 4.73. The van der Waals surface area contributed by atoms with E-state index in [1.807, 2.05) is 12.1 Å². The number of aliphatic imine (C=N–C) groups is 2. The molecule has 0 radical (unpaired) electrons. The lowest BCUT2D eigenvalue weighted by Gasteiger charge is -2.22. The number of aromatic nitrogens is 2. The zero-order valence-electron chi connectivity index (χ0n) is 36.5. The minimum Gasteiger partial charge on any atom is -0.309 e. The molecule has 2 aromatic heterocycles. The van der Waals surface area contributed by atoms with Crippen LogP contribution in [0.15, 0.2) is 222 Å². The monoisotopic (exact) mass is 826 g/mol. The first-order chi connectivity index (χ1) is 31.5. The molecule has 8 aromatic rings. The highest BCUT2D eigenvalue weighted by Gasteiger charge is 2.22. The Bertz CT molecular complexity index is 3300. The second kappa shape index (κ2) is 17.5. The van der Waals surface area contributed by atoms with E-state index in [0.29, 0.717) is 11.5 Å². The standard InChI is InChI=1S/C60H50N4/c1-5-21-52-53-30-13-16-33-57(53)63(56(52)6-2)50-38-49(39-51(40-50)64-58-34-17-14-31-54(58)55-32-15-18-35-59(55)64)42(4)62-60(48-29-20-28-47(37-48)44-24-11-8-12-25-44)61-41(3)45-26-19-27-46(36-45)43-22-9-7-10-23-43/h5-7,9-11,13-36,38-40,47H,2-3,8,12,37H2,1,4H3/b21-5-,61-60?,62-42?. The number of allylic oxidation sites excluding steroid dienone is 8. The quantitative estimate of drug-likeness (QED) is 0.0972. The summed E-state index contributed by atoms with van der Waals surface area (Å²) in [6, 6.07) is 51.7. The van der Waals surface area contributed by atoms with E-state index in [0.717, 1.165) is 92.0 Å². The van der Waals surface area contributed by atoms with Crippen molar-refractivity contribution in [3.05, 3.63) is 235 Å². The van der Waals surface area contributed by atoms with Crippen LogP contribution in [-0.4, -0.2) is 20.7 Å². The van der Waals surface area contributed by atoms with Crippen molar-refractivity contribution in [3.63, 3.8) is 0 Å². The number of rotatable bonds is 10. The molecule has 6 aromatic carbocycles. The highest BCUT2D eigenvalue weighted by molar-refractivity contribution is 6.14. The Morgan fingerprint density at radius 3 is 2.02 bits per heavy atom. The van der Waals surface area contributed by atoms with Gasteiger partial charge < -0.3 is 9.13 Å². The van der Waals surface area contributed by atoms with Gasteiger partial charge in [0.2, 0.25) is 0 Å². The topological polar surface area (TPSA) is 34.6 Å². The second-order valence-electron chi connectivity index (χ2n) is 16.6. The molecule has 0 saturated heterocycles. The van der Waals surface area contributed by atoms with Gasteiger partial charge in [0.15, 0.2) is 5.84 Å². The third kappa shape index (κ3) is 7.58. The first kappa shape index (κ1) is 40.3. The van der Waals surface area contributed by atoms with Gasteiger partial charge in [-0.3, -0.25) is 0 Å². The molecule has 10 rings (SSSR count). The Labute approximate surface area is 376 Å². The van der Waals surface area contributed by atoms with Crippen LogP contribution in [0.5, 0.6) is 0 Å². The zero-order chi connectivity index (χ0) is 43.6. The van der Waals surface area contributed by atoms with E-state index in [2.05, 4.69) is 224 Å². The lowest BCUT2D eigenvalue weighted by Crippen LogP contribution is -2.13. The van der Waals surface area contributed by atoms with E-state index in [9.17, 15) is 0 Å². The van der Waals surface area contributed by atoms with E-state index in [1.165, 1.54) is 21.7 Å². The van der Waals surface area contributed by atoms with E-state index >= 15 is 0 Å². The molecule has 2 aliphatic carbocycles. The number of hydrogen-bond acceptors (Lipinski definition) is 1. The Morgan fingerprint density at radius 2 is 1.33 bits per heavy atom. The van der Waals surface area contributed by atoms with Gasteiger partial charge in [0.05, 0.1) is 27.9 Å². The van der Waals surface area contributed by atoms with Gasteiger partial charge in [-0.25, -0.2) is 9.98 Å². The summed E-state index contributed by atoms with van der Waals surface area (Å²) in [7, 11) is 0. The summed E-state index contributed by atoms with van der Waals surface area (Å²) in [5, 5.41) is 3.59. The van der Waals surface area contributed by atoms with Gasteiger partial charge in [0.1, 0.15) is 0 Å². The maximum atomic E-state index is 5.53. The minimum absolute atomic E-state index is 0.239. The molecule has 310 valence electrons. The van der Waals surface area contributed by atoms with Crippen molar-refractivity contribution >= 4 is 62.1 Å². The van der Waals surface area contributed by atoms with Crippen molar-refractivity contribution in [1.29, 1.82) is 0 Å².